The number of aromatic nitrogens is 1. The summed E-state index contributed by atoms with van der Waals surface area (Å²) in [6, 6.07) is -3.03. The molecule has 1 unspecified atom stereocenters. The van der Waals surface area contributed by atoms with Crippen molar-refractivity contribution in [1.29, 1.82) is 0 Å². The summed E-state index contributed by atoms with van der Waals surface area (Å²) >= 11 is 0. The zero-order valence-corrected chi connectivity index (χ0v) is 8.00. The molecule has 0 spiro atoms. The normalized spacial score (nSPS) is 18.8. The number of H-pyrrole nitrogens is 1. The van der Waals surface area contributed by atoms with Crippen LogP contribution in [-0.2, 0) is 4.79 Å². The van der Waals surface area contributed by atoms with Crippen molar-refractivity contribution in [3.8, 4) is 5.75 Å². The van der Waals surface area contributed by atoms with Gasteiger partial charge in [-0.25, -0.2) is 0 Å². The van der Waals surface area contributed by atoms with Gasteiger partial charge in [0.1, 0.15) is 11.8 Å². The van der Waals surface area contributed by atoms with Crippen molar-refractivity contribution in [2.75, 3.05) is 7.04 Å². The first-order valence-corrected chi connectivity index (χ1v) is 4.32. The fourth-order valence-electron chi connectivity index (χ4n) is 1.45. The van der Waals surface area contributed by atoms with Gasteiger partial charge in [-0.15, -0.1) is 0 Å². The number of ether oxygens (including phenoxy) is 1. The molecule has 1 heterocycles. The van der Waals surface area contributed by atoms with Gasteiger partial charge >= 0.3 is 5.97 Å². The first kappa shape index (κ1) is 5.36. The van der Waals surface area contributed by atoms with E-state index >= 15 is 0 Å². The molecule has 4 N–H and O–H groups in total. The third kappa shape index (κ3) is 1.51. The number of aliphatic carboxylic acids is 1. The molecule has 0 bridgehead atoms. The predicted octanol–water partition coefficient (Wildman–Crippen LogP) is 1.26. The number of rotatable bonds is 3. The number of benzene rings is 1. The topological polar surface area (TPSA) is 88.3 Å². The van der Waals surface area contributed by atoms with Crippen LogP contribution >= 0.6 is 0 Å². The molecule has 1 aromatic heterocycles. The van der Waals surface area contributed by atoms with Crippen LogP contribution in [0.3, 0.4) is 0 Å². The Labute approximate surface area is 100 Å². The number of nitrogens with one attached hydrogen (secondary N) is 1. The summed E-state index contributed by atoms with van der Waals surface area (Å²) in [7, 11) is -2.90. The molecule has 2 rings (SSSR count). The standard InChI is InChI=1S/C11H12N2O3/c1-16-8-4-2-3-7-9(8)6(5-13-7)10(12)11(14)15/h2-5,10,13H,12H2,1H3,(H,14,15)/i1D3,2D,3D,4D. The van der Waals surface area contributed by atoms with E-state index < -0.39 is 36.9 Å². The SMILES string of the molecule is [2H]c1c([2H])c(OC([2H])([2H])[2H])c2c(C(N)C(=O)O)c[nH]c2c1[2H]. The van der Waals surface area contributed by atoms with Crippen molar-refractivity contribution in [3.05, 3.63) is 29.9 Å². The smallest absolute Gasteiger partial charge is 0.325 e. The van der Waals surface area contributed by atoms with E-state index in [0.717, 1.165) is 0 Å². The molecule has 84 valence electrons. The third-order valence-electron chi connectivity index (χ3n) is 2.20. The molecule has 2 aromatic rings. The van der Waals surface area contributed by atoms with E-state index in [2.05, 4.69) is 4.98 Å². The van der Waals surface area contributed by atoms with E-state index in [-0.39, 0.29) is 22.5 Å². The number of fused-ring (bicyclic) bond motifs is 1. The molecule has 0 saturated carbocycles. The Morgan fingerprint density at radius 3 is 3.25 bits per heavy atom. The van der Waals surface area contributed by atoms with Crippen molar-refractivity contribution in [2.24, 2.45) is 5.73 Å². The number of carboxylic acids is 1. The number of nitrogens with two attached hydrogens (primary N) is 1. The van der Waals surface area contributed by atoms with Gasteiger partial charge in [-0.3, -0.25) is 4.79 Å². The summed E-state index contributed by atoms with van der Waals surface area (Å²) in [6.45, 7) is 0. The van der Waals surface area contributed by atoms with E-state index in [9.17, 15) is 4.79 Å². The van der Waals surface area contributed by atoms with Crippen LogP contribution in [0, 0.1) is 0 Å². The molecule has 0 radical (unpaired) electrons. The zero-order chi connectivity index (χ0) is 16.8. The highest BCUT2D eigenvalue weighted by atomic mass is 16.5. The number of hydrogen-bond acceptors (Lipinski definition) is 3. The highest BCUT2D eigenvalue weighted by molar-refractivity contribution is 5.93. The van der Waals surface area contributed by atoms with Crippen LogP contribution in [0.25, 0.3) is 10.9 Å². The van der Waals surface area contributed by atoms with Crippen molar-refractivity contribution in [2.45, 2.75) is 6.04 Å². The molecule has 1 atom stereocenters. The predicted molar refractivity (Wildman–Crippen MR) is 59.4 cm³/mol. The maximum absolute atomic E-state index is 11.1. The molecule has 0 aliphatic carbocycles. The Morgan fingerprint density at radius 2 is 2.56 bits per heavy atom. The number of hydrogen-bond donors (Lipinski definition) is 3. The number of aromatic amines is 1. The lowest BCUT2D eigenvalue weighted by Gasteiger charge is -2.07. The Bertz CT molecular complexity index is 755. The Morgan fingerprint density at radius 1 is 1.75 bits per heavy atom. The van der Waals surface area contributed by atoms with Crippen LogP contribution in [0.15, 0.2) is 24.3 Å². The van der Waals surface area contributed by atoms with E-state index in [0.29, 0.717) is 0 Å². The first-order valence-electron chi connectivity index (χ1n) is 7.32. The van der Waals surface area contributed by atoms with Gasteiger partial charge in [0.2, 0.25) is 0 Å². The minimum absolute atomic E-state index is 0.00745. The fourth-order valence-corrected chi connectivity index (χ4v) is 1.45. The quantitative estimate of drug-likeness (QED) is 0.735. The monoisotopic (exact) mass is 226 g/mol. The maximum Gasteiger partial charge on any atom is 0.325 e. The van der Waals surface area contributed by atoms with E-state index in [1.807, 2.05) is 0 Å². The molecular weight excluding hydrogens is 208 g/mol. The molecule has 0 aliphatic rings. The molecule has 5 heteroatoms. The molecule has 0 aliphatic heterocycles. The molecule has 0 amide bonds. The van der Waals surface area contributed by atoms with Crippen LogP contribution in [0.4, 0.5) is 0 Å². The summed E-state index contributed by atoms with van der Waals surface area (Å²) in [5.41, 5.74) is 5.50. The molecule has 16 heavy (non-hydrogen) atoms. The Kier molecular flexibility index (Phi) is 1.29. The molecular formula is C11H12N2O3. The summed E-state index contributed by atoms with van der Waals surface area (Å²) in [5.74, 6) is -1.86. The van der Waals surface area contributed by atoms with Crippen molar-refractivity contribution >= 4 is 16.9 Å². The van der Waals surface area contributed by atoms with Crippen molar-refractivity contribution in [3.63, 3.8) is 0 Å². The van der Waals surface area contributed by atoms with Gasteiger partial charge < -0.3 is 20.6 Å². The summed E-state index contributed by atoms with van der Waals surface area (Å²) in [4.78, 5) is 13.6. The molecule has 0 saturated heterocycles. The summed E-state index contributed by atoms with van der Waals surface area (Å²) in [6.07, 6.45) is 1.20. The van der Waals surface area contributed by atoms with Crippen LogP contribution in [0.1, 0.15) is 19.8 Å². The van der Waals surface area contributed by atoms with Crippen LogP contribution in [0.5, 0.6) is 5.75 Å². The Balaban J connectivity index is 2.85. The fraction of sp³-hybridized carbons (Fsp3) is 0.182. The third-order valence-corrected chi connectivity index (χ3v) is 2.20. The van der Waals surface area contributed by atoms with Gasteiger partial charge in [0.25, 0.3) is 0 Å². The van der Waals surface area contributed by atoms with Gasteiger partial charge in [-0.05, 0) is 12.1 Å². The van der Waals surface area contributed by atoms with Crippen LogP contribution in [-0.4, -0.2) is 23.1 Å². The second-order valence-corrected chi connectivity index (χ2v) is 3.12. The van der Waals surface area contributed by atoms with E-state index in [4.69, 9.17) is 23.8 Å². The minimum atomic E-state index is -2.90. The highest BCUT2D eigenvalue weighted by Crippen LogP contribution is 2.31. The van der Waals surface area contributed by atoms with E-state index in [1.54, 1.807) is 0 Å². The lowest BCUT2D eigenvalue weighted by molar-refractivity contribution is -0.138. The average Bonchev–Trinajstić information content (AvgIpc) is 2.83. The van der Waals surface area contributed by atoms with Crippen LogP contribution in [0.2, 0.25) is 0 Å². The Hall–Kier alpha value is -2.01. The number of methoxy groups -OCH3 is 1. The van der Waals surface area contributed by atoms with Crippen LogP contribution < -0.4 is 10.5 Å². The van der Waals surface area contributed by atoms with Gasteiger partial charge in [0.05, 0.1) is 15.3 Å². The van der Waals surface area contributed by atoms with Gasteiger partial charge in [0.15, 0.2) is 0 Å². The largest absolute Gasteiger partial charge is 0.496 e. The number of carbonyl (C=O) groups is 1. The molecule has 5 nitrogen and oxygen atoms in total. The maximum atomic E-state index is 11.1. The molecule has 1 aromatic carbocycles. The second-order valence-electron chi connectivity index (χ2n) is 3.12. The van der Waals surface area contributed by atoms with E-state index in [1.165, 1.54) is 6.20 Å². The van der Waals surface area contributed by atoms with Gasteiger partial charge in [-0.2, -0.15) is 0 Å². The highest BCUT2D eigenvalue weighted by Gasteiger charge is 2.20. The minimum Gasteiger partial charge on any atom is -0.496 e. The second kappa shape index (κ2) is 3.86. The first-order chi connectivity index (χ1) is 10.0. The lowest BCUT2D eigenvalue weighted by atomic mass is 10.1. The number of carboxylic acid groups (broad SMARTS) is 1. The summed E-state index contributed by atoms with van der Waals surface area (Å²) < 4.78 is 49.4. The average molecular weight is 226 g/mol. The lowest BCUT2D eigenvalue weighted by Crippen LogP contribution is -2.20. The van der Waals surface area contributed by atoms with Gasteiger partial charge in [0, 0.05) is 22.7 Å². The summed E-state index contributed by atoms with van der Waals surface area (Å²) in [5, 5.41) is 8.92. The van der Waals surface area contributed by atoms with Crippen molar-refractivity contribution in [1.82, 2.24) is 4.98 Å². The van der Waals surface area contributed by atoms with Crippen molar-refractivity contribution < 1.29 is 22.9 Å². The van der Waals surface area contributed by atoms with Gasteiger partial charge in [-0.1, -0.05) is 6.04 Å². The zero-order valence-electron chi connectivity index (χ0n) is 14.0. The molecule has 0 fully saturated rings.